The molecule has 0 N–H and O–H groups in total. The maximum atomic E-state index is 3.65. The van der Waals surface area contributed by atoms with Gasteiger partial charge in [-0.25, -0.2) is 0 Å². The van der Waals surface area contributed by atoms with Gasteiger partial charge in [0.05, 0.1) is 27.7 Å². The third-order valence-electron chi connectivity index (χ3n) is 1.00. The summed E-state index contributed by atoms with van der Waals surface area (Å²) in [6.45, 7) is 4.84. The van der Waals surface area contributed by atoms with E-state index in [1.807, 2.05) is 6.08 Å². The normalized spacial score (nSPS) is 10.1. The molecule has 0 fully saturated rings. The Kier molecular flexibility index (Phi) is 7.06. The lowest BCUT2D eigenvalue weighted by atomic mass is 10.4. The second-order valence-electron chi connectivity index (χ2n) is 3.09. The number of halogens is 1. The lowest BCUT2D eigenvalue weighted by Crippen LogP contribution is -3.00. The number of rotatable bonds is 3. The van der Waals surface area contributed by atoms with Crippen molar-refractivity contribution in [1.82, 2.24) is 0 Å². The SMILES string of the molecule is C=CCC[N+](C)(C)C.[I-]. The van der Waals surface area contributed by atoms with Crippen molar-refractivity contribution in [3.05, 3.63) is 12.7 Å². The Bertz CT molecular complexity index is 73.5. The molecule has 0 spiro atoms. The van der Waals surface area contributed by atoms with Crippen molar-refractivity contribution >= 4 is 0 Å². The van der Waals surface area contributed by atoms with Gasteiger partial charge in [-0.05, 0) is 0 Å². The van der Waals surface area contributed by atoms with Crippen molar-refractivity contribution in [3.63, 3.8) is 0 Å². The van der Waals surface area contributed by atoms with Crippen LogP contribution >= 0.6 is 0 Å². The molecule has 0 bridgehead atoms. The monoisotopic (exact) mass is 241 g/mol. The van der Waals surface area contributed by atoms with E-state index in [9.17, 15) is 0 Å². The van der Waals surface area contributed by atoms with Crippen LogP contribution in [0.4, 0.5) is 0 Å². The number of hydrogen-bond acceptors (Lipinski definition) is 0. The molecule has 0 saturated heterocycles. The van der Waals surface area contributed by atoms with Crippen molar-refractivity contribution in [2.24, 2.45) is 0 Å². The Labute approximate surface area is 75.4 Å². The quantitative estimate of drug-likeness (QED) is 0.313. The maximum absolute atomic E-state index is 3.65. The van der Waals surface area contributed by atoms with Crippen LogP contribution in [0.2, 0.25) is 0 Å². The van der Waals surface area contributed by atoms with Crippen molar-refractivity contribution in [2.75, 3.05) is 27.7 Å². The van der Waals surface area contributed by atoms with Gasteiger partial charge in [-0.1, -0.05) is 6.08 Å². The Morgan fingerprint density at radius 2 is 1.78 bits per heavy atom. The molecule has 0 aliphatic heterocycles. The van der Waals surface area contributed by atoms with Crippen LogP contribution in [-0.2, 0) is 0 Å². The van der Waals surface area contributed by atoms with Gasteiger partial charge in [0.1, 0.15) is 0 Å². The minimum Gasteiger partial charge on any atom is -1.00 e. The van der Waals surface area contributed by atoms with Crippen LogP contribution in [0.3, 0.4) is 0 Å². The molecule has 0 aromatic rings. The fourth-order valence-corrected chi connectivity index (χ4v) is 0.479. The van der Waals surface area contributed by atoms with Gasteiger partial charge in [0, 0.05) is 6.42 Å². The summed E-state index contributed by atoms with van der Waals surface area (Å²) >= 11 is 0. The minimum absolute atomic E-state index is 0. The molecular formula is C7H16IN. The van der Waals surface area contributed by atoms with Crippen LogP contribution in [0.15, 0.2) is 12.7 Å². The van der Waals surface area contributed by atoms with E-state index in [1.165, 1.54) is 6.54 Å². The van der Waals surface area contributed by atoms with E-state index in [0.29, 0.717) is 0 Å². The Balaban J connectivity index is 0. The first-order chi connectivity index (χ1) is 3.56. The van der Waals surface area contributed by atoms with Crippen molar-refractivity contribution in [2.45, 2.75) is 6.42 Å². The van der Waals surface area contributed by atoms with E-state index in [-0.39, 0.29) is 24.0 Å². The Hall–Kier alpha value is 0.430. The van der Waals surface area contributed by atoms with Gasteiger partial charge in [0.2, 0.25) is 0 Å². The maximum Gasteiger partial charge on any atom is 0.0815 e. The van der Waals surface area contributed by atoms with E-state index in [2.05, 4.69) is 27.7 Å². The third-order valence-corrected chi connectivity index (χ3v) is 1.00. The van der Waals surface area contributed by atoms with Gasteiger partial charge in [-0.15, -0.1) is 6.58 Å². The van der Waals surface area contributed by atoms with Crippen molar-refractivity contribution in [3.8, 4) is 0 Å². The summed E-state index contributed by atoms with van der Waals surface area (Å²) in [6, 6.07) is 0. The molecule has 0 aromatic carbocycles. The lowest BCUT2D eigenvalue weighted by Gasteiger charge is -2.22. The lowest BCUT2D eigenvalue weighted by molar-refractivity contribution is -0.869. The first-order valence-electron chi connectivity index (χ1n) is 2.97. The van der Waals surface area contributed by atoms with E-state index >= 15 is 0 Å². The van der Waals surface area contributed by atoms with Gasteiger partial charge in [0.25, 0.3) is 0 Å². The molecule has 0 amide bonds. The molecule has 0 aromatic heterocycles. The van der Waals surface area contributed by atoms with Crippen LogP contribution in [0, 0.1) is 0 Å². The van der Waals surface area contributed by atoms with Gasteiger partial charge in [-0.2, -0.15) is 0 Å². The molecule has 56 valence electrons. The zero-order valence-electron chi connectivity index (χ0n) is 6.52. The van der Waals surface area contributed by atoms with Crippen molar-refractivity contribution < 1.29 is 28.5 Å². The summed E-state index contributed by atoms with van der Waals surface area (Å²) in [5.41, 5.74) is 0. The standard InChI is InChI=1S/C7H16N.HI/c1-5-6-7-8(2,3)4;/h5H,1,6-7H2,2-4H3;1H/q+1;/p-1. The summed E-state index contributed by atoms with van der Waals surface area (Å²) in [7, 11) is 6.55. The highest BCUT2D eigenvalue weighted by Gasteiger charge is 2.02. The summed E-state index contributed by atoms with van der Waals surface area (Å²) in [5.74, 6) is 0. The summed E-state index contributed by atoms with van der Waals surface area (Å²) in [5, 5.41) is 0. The molecule has 1 nitrogen and oxygen atoms in total. The van der Waals surface area contributed by atoms with Gasteiger partial charge >= 0.3 is 0 Å². The first-order valence-corrected chi connectivity index (χ1v) is 2.97. The van der Waals surface area contributed by atoms with E-state index in [1.54, 1.807) is 0 Å². The highest BCUT2D eigenvalue weighted by Crippen LogP contribution is 1.92. The molecule has 0 heterocycles. The third kappa shape index (κ3) is 11.8. The van der Waals surface area contributed by atoms with Crippen LogP contribution < -0.4 is 24.0 Å². The topological polar surface area (TPSA) is 0 Å². The molecular weight excluding hydrogens is 225 g/mol. The Morgan fingerprint density at radius 1 is 1.33 bits per heavy atom. The second kappa shape index (κ2) is 5.23. The van der Waals surface area contributed by atoms with Crippen LogP contribution in [-0.4, -0.2) is 32.2 Å². The highest BCUT2D eigenvalue weighted by atomic mass is 127. The number of quaternary nitrogens is 1. The fourth-order valence-electron chi connectivity index (χ4n) is 0.479. The Morgan fingerprint density at radius 3 is 1.89 bits per heavy atom. The first kappa shape index (κ1) is 12.1. The van der Waals surface area contributed by atoms with E-state index < -0.39 is 0 Å². The second-order valence-corrected chi connectivity index (χ2v) is 3.09. The minimum atomic E-state index is 0. The molecule has 0 rings (SSSR count). The zero-order valence-corrected chi connectivity index (χ0v) is 8.68. The summed E-state index contributed by atoms with van der Waals surface area (Å²) in [4.78, 5) is 0. The predicted octanol–water partition coefficient (Wildman–Crippen LogP) is -1.73. The van der Waals surface area contributed by atoms with Gasteiger partial charge in [0.15, 0.2) is 0 Å². The van der Waals surface area contributed by atoms with Crippen LogP contribution in [0.5, 0.6) is 0 Å². The van der Waals surface area contributed by atoms with Crippen LogP contribution in [0.1, 0.15) is 6.42 Å². The smallest absolute Gasteiger partial charge is 0.0815 e. The summed E-state index contributed by atoms with van der Waals surface area (Å²) < 4.78 is 1.03. The molecule has 0 aliphatic carbocycles. The number of hydrogen-bond donors (Lipinski definition) is 0. The number of nitrogens with zero attached hydrogens (tertiary/aromatic N) is 1. The molecule has 0 unspecified atom stereocenters. The fraction of sp³-hybridized carbons (Fsp3) is 0.714. The summed E-state index contributed by atoms with van der Waals surface area (Å²) in [6.07, 6.45) is 3.08. The highest BCUT2D eigenvalue weighted by molar-refractivity contribution is 4.64. The molecule has 0 aliphatic rings. The van der Waals surface area contributed by atoms with E-state index in [0.717, 1.165) is 10.9 Å². The largest absolute Gasteiger partial charge is 1.00 e. The van der Waals surface area contributed by atoms with Crippen LogP contribution in [0.25, 0.3) is 0 Å². The predicted molar refractivity (Wildman–Crippen MR) is 37.7 cm³/mol. The van der Waals surface area contributed by atoms with Crippen molar-refractivity contribution in [1.29, 1.82) is 0 Å². The average molecular weight is 241 g/mol. The zero-order chi connectivity index (χ0) is 6.62. The van der Waals surface area contributed by atoms with Gasteiger partial charge < -0.3 is 28.5 Å². The molecule has 0 radical (unpaired) electrons. The van der Waals surface area contributed by atoms with E-state index in [4.69, 9.17) is 0 Å². The molecule has 9 heavy (non-hydrogen) atoms. The average Bonchev–Trinajstić information content (AvgIpc) is 1.59. The molecule has 0 saturated carbocycles. The molecule has 2 heteroatoms. The van der Waals surface area contributed by atoms with Gasteiger partial charge in [-0.3, -0.25) is 0 Å². The molecule has 0 atom stereocenters.